The second-order valence-corrected chi connectivity index (χ2v) is 7.00. The standard InChI is InChI=1S/C16H29NO5/c1-10(2)17-15(20)21-11-6-7-12(22-16(3,4)5)9-14(19)13(18)8-11/h6-7,10-14,18-19H,8-9H2,1-5H3,(H,17,20)/b7-6+. The predicted octanol–water partition coefficient (Wildman–Crippen LogP) is 1.75. The summed E-state index contributed by atoms with van der Waals surface area (Å²) < 4.78 is 11.1. The number of nitrogens with one attached hydrogen (secondary N) is 1. The molecule has 4 atom stereocenters. The van der Waals surface area contributed by atoms with E-state index in [4.69, 9.17) is 9.47 Å². The number of hydrogen-bond donors (Lipinski definition) is 3. The average molecular weight is 315 g/mol. The summed E-state index contributed by atoms with van der Waals surface area (Å²) in [6.07, 6.45) is 0.591. The zero-order valence-corrected chi connectivity index (χ0v) is 14.1. The van der Waals surface area contributed by atoms with Crippen LogP contribution in [0.15, 0.2) is 12.2 Å². The van der Waals surface area contributed by atoms with Gasteiger partial charge in [0.1, 0.15) is 6.10 Å². The first-order chi connectivity index (χ1) is 10.1. The zero-order valence-electron chi connectivity index (χ0n) is 14.1. The fourth-order valence-electron chi connectivity index (χ4n) is 2.23. The van der Waals surface area contributed by atoms with E-state index in [1.165, 1.54) is 0 Å². The quantitative estimate of drug-likeness (QED) is 0.691. The van der Waals surface area contributed by atoms with Crippen molar-refractivity contribution in [1.82, 2.24) is 5.32 Å². The van der Waals surface area contributed by atoms with E-state index in [1.54, 1.807) is 12.2 Å². The maximum absolute atomic E-state index is 11.7. The van der Waals surface area contributed by atoms with Crippen LogP contribution >= 0.6 is 0 Å². The van der Waals surface area contributed by atoms with Crippen LogP contribution in [-0.4, -0.2) is 52.4 Å². The Morgan fingerprint density at radius 2 is 1.64 bits per heavy atom. The second kappa shape index (κ2) is 7.94. The Kier molecular flexibility index (Phi) is 6.84. The van der Waals surface area contributed by atoms with Crippen LogP contribution in [-0.2, 0) is 9.47 Å². The highest BCUT2D eigenvalue weighted by Crippen LogP contribution is 2.22. The fraction of sp³-hybridized carbons (Fsp3) is 0.812. The van der Waals surface area contributed by atoms with Crippen molar-refractivity contribution in [2.75, 3.05) is 0 Å². The molecule has 0 aromatic rings. The van der Waals surface area contributed by atoms with Gasteiger partial charge in [-0.15, -0.1) is 0 Å². The Bertz CT molecular complexity index is 388. The lowest BCUT2D eigenvalue weighted by Crippen LogP contribution is -2.40. The summed E-state index contributed by atoms with van der Waals surface area (Å²) in [5, 5.41) is 22.7. The van der Waals surface area contributed by atoms with Gasteiger partial charge in [0.05, 0.1) is 23.9 Å². The van der Waals surface area contributed by atoms with Gasteiger partial charge in [0.15, 0.2) is 0 Å². The molecule has 128 valence electrons. The van der Waals surface area contributed by atoms with E-state index in [9.17, 15) is 15.0 Å². The van der Waals surface area contributed by atoms with E-state index in [2.05, 4.69) is 5.32 Å². The van der Waals surface area contributed by atoms with E-state index in [1.807, 2.05) is 34.6 Å². The highest BCUT2D eigenvalue weighted by atomic mass is 16.6. The van der Waals surface area contributed by atoms with Crippen molar-refractivity contribution in [2.24, 2.45) is 0 Å². The number of aliphatic hydroxyl groups is 2. The average Bonchev–Trinajstić information content (AvgIpc) is 2.31. The molecule has 1 aliphatic carbocycles. The van der Waals surface area contributed by atoms with Gasteiger partial charge < -0.3 is 25.0 Å². The molecule has 0 aromatic carbocycles. The van der Waals surface area contributed by atoms with Gasteiger partial charge in [-0.2, -0.15) is 0 Å². The maximum atomic E-state index is 11.7. The highest BCUT2D eigenvalue weighted by Gasteiger charge is 2.29. The molecule has 0 saturated carbocycles. The van der Waals surface area contributed by atoms with Gasteiger partial charge in [-0.3, -0.25) is 0 Å². The van der Waals surface area contributed by atoms with E-state index >= 15 is 0 Å². The Hall–Kier alpha value is -1.11. The van der Waals surface area contributed by atoms with Crippen molar-refractivity contribution in [3.8, 4) is 0 Å². The van der Waals surface area contributed by atoms with Crippen LogP contribution in [0.2, 0.25) is 0 Å². The predicted molar refractivity (Wildman–Crippen MR) is 83.6 cm³/mol. The molecule has 1 amide bonds. The van der Waals surface area contributed by atoms with E-state index < -0.39 is 24.4 Å². The first-order valence-electron chi connectivity index (χ1n) is 7.76. The minimum atomic E-state index is -0.965. The van der Waals surface area contributed by atoms with Gasteiger partial charge in [0, 0.05) is 18.9 Å². The summed E-state index contributed by atoms with van der Waals surface area (Å²) in [6.45, 7) is 9.44. The first kappa shape index (κ1) is 18.9. The largest absolute Gasteiger partial charge is 0.442 e. The van der Waals surface area contributed by atoms with Gasteiger partial charge in [-0.05, 0) is 40.7 Å². The smallest absolute Gasteiger partial charge is 0.407 e. The number of amides is 1. The monoisotopic (exact) mass is 315 g/mol. The number of hydrogen-bond acceptors (Lipinski definition) is 5. The molecular formula is C16H29NO5. The molecule has 1 aliphatic rings. The number of carbonyl (C=O) groups is 1. The summed E-state index contributed by atoms with van der Waals surface area (Å²) in [5.74, 6) is 0. The van der Waals surface area contributed by atoms with Crippen molar-refractivity contribution in [3.05, 3.63) is 12.2 Å². The Morgan fingerprint density at radius 1 is 1.14 bits per heavy atom. The molecule has 0 spiro atoms. The van der Waals surface area contributed by atoms with Crippen LogP contribution in [0.3, 0.4) is 0 Å². The summed E-state index contributed by atoms with van der Waals surface area (Å²) in [5.41, 5.74) is -0.371. The third-order valence-corrected chi connectivity index (χ3v) is 3.10. The van der Waals surface area contributed by atoms with Crippen LogP contribution in [0.25, 0.3) is 0 Å². The molecule has 0 fully saturated rings. The summed E-state index contributed by atoms with van der Waals surface area (Å²) >= 11 is 0. The number of aliphatic hydroxyl groups excluding tert-OH is 2. The summed E-state index contributed by atoms with van der Waals surface area (Å²) in [7, 11) is 0. The molecule has 0 aromatic heterocycles. The lowest BCUT2D eigenvalue weighted by Gasteiger charge is -2.31. The Morgan fingerprint density at radius 3 is 2.14 bits per heavy atom. The number of ether oxygens (including phenoxy) is 2. The third kappa shape index (κ3) is 7.24. The number of alkyl carbamates (subject to hydrolysis) is 1. The molecule has 1 rings (SSSR count). The molecule has 0 heterocycles. The minimum absolute atomic E-state index is 0.0301. The molecule has 0 aliphatic heterocycles. The van der Waals surface area contributed by atoms with Crippen LogP contribution in [0, 0.1) is 0 Å². The minimum Gasteiger partial charge on any atom is -0.442 e. The lowest BCUT2D eigenvalue weighted by molar-refractivity contribution is -0.0807. The van der Waals surface area contributed by atoms with Gasteiger partial charge in [-0.25, -0.2) is 4.79 Å². The normalized spacial score (nSPS) is 31.3. The van der Waals surface area contributed by atoms with Crippen molar-refractivity contribution >= 4 is 6.09 Å². The summed E-state index contributed by atoms with van der Waals surface area (Å²) in [4.78, 5) is 11.7. The topological polar surface area (TPSA) is 88.0 Å². The van der Waals surface area contributed by atoms with Crippen molar-refractivity contribution in [3.63, 3.8) is 0 Å². The van der Waals surface area contributed by atoms with E-state index in [0.29, 0.717) is 6.42 Å². The Labute approximate surface area is 132 Å². The fourth-order valence-corrected chi connectivity index (χ4v) is 2.23. The van der Waals surface area contributed by atoms with Gasteiger partial charge >= 0.3 is 6.09 Å². The van der Waals surface area contributed by atoms with Crippen molar-refractivity contribution < 1.29 is 24.5 Å². The number of rotatable bonds is 3. The molecule has 6 heteroatoms. The van der Waals surface area contributed by atoms with Gasteiger partial charge in [0.25, 0.3) is 0 Å². The van der Waals surface area contributed by atoms with E-state index in [0.717, 1.165) is 0 Å². The molecule has 0 bridgehead atoms. The molecule has 22 heavy (non-hydrogen) atoms. The molecule has 0 saturated heterocycles. The maximum Gasteiger partial charge on any atom is 0.407 e. The molecule has 4 unspecified atom stereocenters. The third-order valence-electron chi connectivity index (χ3n) is 3.10. The number of carbonyl (C=O) groups excluding carboxylic acids is 1. The van der Waals surface area contributed by atoms with Crippen LogP contribution in [0.1, 0.15) is 47.5 Å². The summed E-state index contributed by atoms with van der Waals surface area (Å²) in [6, 6.07) is -0.0301. The van der Waals surface area contributed by atoms with E-state index in [-0.39, 0.29) is 24.2 Å². The first-order valence-corrected chi connectivity index (χ1v) is 7.76. The second-order valence-electron chi connectivity index (χ2n) is 7.00. The van der Waals surface area contributed by atoms with Gasteiger partial charge in [0.2, 0.25) is 0 Å². The van der Waals surface area contributed by atoms with Crippen LogP contribution < -0.4 is 5.32 Å². The van der Waals surface area contributed by atoms with Crippen molar-refractivity contribution in [2.45, 2.75) is 83.5 Å². The van der Waals surface area contributed by atoms with Crippen LogP contribution in [0.4, 0.5) is 4.79 Å². The van der Waals surface area contributed by atoms with Crippen molar-refractivity contribution in [1.29, 1.82) is 0 Å². The zero-order chi connectivity index (χ0) is 16.9. The lowest BCUT2D eigenvalue weighted by atomic mass is 9.96. The molecular weight excluding hydrogens is 286 g/mol. The SMILES string of the molecule is CC(C)NC(=O)OC1/C=C/C(OC(C)(C)C)CC(O)C(O)C1. The Balaban J connectivity index is 2.75. The molecule has 6 nitrogen and oxygen atoms in total. The molecule has 0 radical (unpaired) electrons. The molecule has 3 N–H and O–H groups in total. The highest BCUT2D eigenvalue weighted by molar-refractivity contribution is 5.67. The van der Waals surface area contributed by atoms with Crippen LogP contribution in [0.5, 0.6) is 0 Å². The van der Waals surface area contributed by atoms with Gasteiger partial charge in [-0.1, -0.05) is 6.08 Å².